The third kappa shape index (κ3) is 4.17. The second-order valence-corrected chi connectivity index (χ2v) is 7.56. The topological polar surface area (TPSA) is 21.1 Å². The van der Waals surface area contributed by atoms with Crippen LogP contribution in [-0.4, -0.2) is 27.8 Å². The number of nitrogens with zero attached hydrogens (tertiary/aromatic N) is 3. The number of aromatic nitrogens is 2. The van der Waals surface area contributed by atoms with E-state index >= 15 is 0 Å². The predicted octanol–water partition coefficient (Wildman–Crippen LogP) is 4.98. The van der Waals surface area contributed by atoms with Crippen LogP contribution in [0.2, 0.25) is 5.02 Å². The smallest absolute Gasteiger partial charge is 0.0831 e. The molecule has 0 N–H and O–H groups in total. The lowest BCUT2D eigenvalue weighted by Gasteiger charge is -2.31. The highest BCUT2D eigenvalue weighted by Gasteiger charge is 2.20. The van der Waals surface area contributed by atoms with Crippen LogP contribution in [0.3, 0.4) is 0 Å². The minimum absolute atomic E-state index is 0.726. The Morgan fingerprint density at radius 3 is 2.42 bits per heavy atom. The Morgan fingerprint density at radius 2 is 1.65 bits per heavy atom. The summed E-state index contributed by atoms with van der Waals surface area (Å²) in [6, 6.07) is 18.7. The van der Waals surface area contributed by atoms with Crippen molar-refractivity contribution >= 4 is 11.6 Å². The molecule has 0 atom stereocenters. The van der Waals surface area contributed by atoms with E-state index in [1.54, 1.807) is 0 Å². The molecule has 0 bridgehead atoms. The van der Waals surface area contributed by atoms with Gasteiger partial charge in [-0.15, -0.1) is 0 Å². The summed E-state index contributed by atoms with van der Waals surface area (Å²) in [5.41, 5.74) is 3.64. The summed E-state index contributed by atoms with van der Waals surface area (Å²) >= 11 is 6.27. The molecule has 0 saturated carbocycles. The van der Waals surface area contributed by atoms with Crippen LogP contribution in [0.1, 0.15) is 24.0 Å². The van der Waals surface area contributed by atoms with Crippen molar-refractivity contribution in [2.75, 3.05) is 13.1 Å². The van der Waals surface area contributed by atoms with Crippen molar-refractivity contribution in [3.63, 3.8) is 0 Å². The van der Waals surface area contributed by atoms with Crippen LogP contribution in [0.15, 0.2) is 67.0 Å². The Morgan fingerprint density at radius 1 is 0.923 bits per heavy atom. The summed E-state index contributed by atoms with van der Waals surface area (Å²) < 4.78 is 1.87. The normalized spacial score (nSPS) is 16.0. The molecular formula is C22H24ClN3. The molecule has 4 heteroatoms. The van der Waals surface area contributed by atoms with Gasteiger partial charge in [0.2, 0.25) is 0 Å². The molecule has 26 heavy (non-hydrogen) atoms. The molecule has 1 aromatic heterocycles. The summed E-state index contributed by atoms with van der Waals surface area (Å²) in [6.45, 7) is 3.28. The minimum Gasteiger partial charge on any atom is -0.299 e. The fourth-order valence-electron chi connectivity index (χ4n) is 3.77. The summed E-state index contributed by atoms with van der Waals surface area (Å²) in [5, 5.41) is 5.21. The molecule has 1 aliphatic rings. The van der Waals surface area contributed by atoms with E-state index in [-0.39, 0.29) is 0 Å². The van der Waals surface area contributed by atoms with Gasteiger partial charge >= 0.3 is 0 Å². The maximum atomic E-state index is 6.27. The molecule has 1 saturated heterocycles. The van der Waals surface area contributed by atoms with Crippen LogP contribution < -0.4 is 0 Å². The number of likely N-dealkylation sites (tertiary alicyclic amines) is 1. The summed E-state index contributed by atoms with van der Waals surface area (Å²) in [7, 11) is 0. The van der Waals surface area contributed by atoms with Crippen molar-refractivity contribution in [3.8, 4) is 5.69 Å². The third-order valence-corrected chi connectivity index (χ3v) is 5.54. The highest BCUT2D eigenvalue weighted by molar-refractivity contribution is 6.32. The van der Waals surface area contributed by atoms with E-state index in [0.717, 1.165) is 36.3 Å². The van der Waals surface area contributed by atoms with Crippen molar-refractivity contribution in [1.29, 1.82) is 0 Å². The summed E-state index contributed by atoms with van der Waals surface area (Å²) in [5.74, 6) is 0.805. The van der Waals surface area contributed by atoms with Gasteiger partial charge in [0.05, 0.1) is 16.9 Å². The van der Waals surface area contributed by atoms with Gasteiger partial charge < -0.3 is 0 Å². The SMILES string of the molecule is Clc1ccccc1-n1cc(CN2CCC(Cc3ccccc3)CC2)cn1. The van der Waals surface area contributed by atoms with Crippen molar-refractivity contribution in [1.82, 2.24) is 14.7 Å². The van der Waals surface area contributed by atoms with Crippen LogP contribution in [-0.2, 0) is 13.0 Å². The standard InChI is InChI=1S/C22H24ClN3/c23-21-8-4-5-9-22(21)26-17-20(15-24-26)16-25-12-10-19(11-13-25)14-18-6-2-1-3-7-18/h1-9,15,17,19H,10-14,16H2. The minimum atomic E-state index is 0.726. The molecule has 3 aromatic rings. The Balaban J connectivity index is 1.32. The van der Waals surface area contributed by atoms with Gasteiger partial charge in [0.1, 0.15) is 0 Å². The zero-order valence-corrected chi connectivity index (χ0v) is 15.6. The van der Waals surface area contributed by atoms with E-state index in [4.69, 9.17) is 11.6 Å². The molecule has 134 valence electrons. The first-order chi connectivity index (χ1) is 12.8. The molecule has 0 radical (unpaired) electrons. The fraction of sp³-hybridized carbons (Fsp3) is 0.318. The summed E-state index contributed by atoms with van der Waals surface area (Å²) in [6.07, 6.45) is 7.80. The maximum absolute atomic E-state index is 6.27. The highest BCUT2D eigenvalue weighted by atomic mass is 35.5. The number of hydrogen-bond donors (Lipinski definition) is 0. The largest absolute Gasteiger partial charge is 0.299 e. The van der Waals surface area contributed by atoms with Crippen molar-refractivity contribution in [2.24, 2.45) is 5.92 Å². The average molecular weight is 366 g/mol. The maximum Gasteiger partial charge on any atom is 0.0831 e. The lowest BCUT2D eigenvalue weighted by Crippen LogP contribution is -2.33. The van der Waals surface area contributed by atoms with E-state index in [1.165, 1.54) is 30.4 Å². The molecule has 1 fully saturated rings. The average Bonchev–Trinajstić information content (AvgIpc) is 3.13. The Bertz CT molecular complexity index is 835. The van der Waals surface area contributed by atoms with Gasteiger partial charge in [-0.1, -0.05) is 54.1 Å². The third-order valence-electron chi connectivity index (χ3n) is 5.22. The number of benzene rings is 2. The molecule has 2 aromatic carbocycles. The van der Waals surface area contributed by atoms with Crippen molar-refractivity contribution < 1.29 is 0 Å². The zero-order valence-electron chi connectivity index (χ0n) is 14.9. The van der Waals surface area contributed by atoms with Crippen LogP contribution in [0.5, 0.6) is 0 Å². The summed E-state index contributed by atoms with van der Waals surface area (Å²) in [4.78, 5) is 2.54. The lowest BCUT2D eigenvalue weighted by molar-refractivity contribution is 0.177. The van der Waals surface area contributed by atoms with Crippen LogP contribution >= 0.6 is 11.6 Å². The van der Waals surface area contributed by atoms with E-state index in [0.29, 0.717) is 0 Å². The van der Waals surface area contributed by atoms with Crippen LogP contribution in [0, 0.1) is 5.92 Å². The first kappa shape index (κ1) is 17.3. The second kappa shape index (κ2) is 8.07. The molecule has 1 aliphatic heterocycles. The van der Waals surface area contributed by atoms with Crippen LogP contribution in [0.25, 0.3) is 5.69 Å². The molecule has 2 heterocycles. The molecule has 0 unspecified atom stereocenters. The zero-order chi connectivity index (χ0) is 17.8. The van der Waals surface area contributed by atoms with E-state index in [9.17, 15) is 0 Å². The number of hydrogen-bond acceptors (Lipinski definition) is 2. The number of piperidine rings is 1. The lowest BCUT2D eigenvalue weighted by atomic mass is 9.90. The van der Waals surface area contributed by atoms with Crippen molar-refractivity contribution in [3.05, 3.63) is 83.1 Å². The predicted molar refractivity (Wildman–Crippen MR) is 107 cm³/mol. The van der Waals surface area contributed by atoms with E-state index in [2.05, 4.69) is 46.5 Å². The first-order valence-electron chi connectivity index (χ1n) is 9.32. The van der Waals surface area contributed by atoms with Gasteiger partial charge in [-0.05, 0) is 56.0 Å². The van der Waals surface area contributed by atoms with Crippen LogP contribution in [0.4, 0.5) is 0 Å². The molecule has 0 spiro atoms. The van der Waals surface area contributed by atoms with Gasteiger partial charge in [-0.3, -0.25) is 4.90 Å². The van der Waals surface area contributed by atoms with Gasteiger partial charge in [-0.2, -0.15) is 5.10 Å². The monoisotopic (exact) mass is 365 g/mol. The first-order valence-corrected chi connectivity index (χ1v) is 9.70. The van der Waals surface area contributed by atoms with Gasteiger partial charge in [-0.25, -0.2) is 4.68 Å². The molecule has 0 amide bonds. The second-order valence-electron chi connectivity index (χ2n) is 7.15. The Hall–Kier alpha value is -2.10. The molecular weight excluding hydrogens is 342 g/mol. The molecule has 4 rings (SSSR count). The van der Waals surface area contributed by atoms with Gasteiger partial charge in [0, 0.05) is 18.3 Å². The highest BCUT2D eigenvalue weighted by Crippen LogP contribution is 2.24. The van der Waals surface area contributed by atoms with Gasteiger partial charge in [0.25, 0.3) is 0 Å². The quantitative estimate of drug-likeness (QED) is 0.635. The van der Waals surface area contributed by atoms with Gasteiger partial charge in [0.15, 0.2) is 0 Å². The van der Waals surface area contributed by atoms with E-state index < -0.39 is 0 Å². The number of para-hydroxylation sites is 1. The van der Waals surface area contributed by atoms with Crippen molar-refractivity contribution in [2.45, 2.75) is 25.8 Å². The Kier molecular flexibility index (Phi) is 5.37. The molecule has 3 nitrogen and oxygen atoms in total. The Labute approximate surface area is 160 Å². The number of halogens is 1. The molecule has 0 aliphatic carbocycles. The number of rotatable bonds is 5. The van der Waals surface area contributed by atoms with E-state index in [1.807, 2.05) is 35.1 Å². The fourth-order valence-corrected chi connectivity index (χ4v) is 3.99.